The monoisotopic (exact) mass is 390 g/mol. The quantitative estimate of drug-likeness (QED) is 0.361. The van der Waals surface area contributed by atoms with Crippen LogP contribution in [0.15, 0.2) is 0 Å². The number of Topliss-reactive ketones (excluding diaryl/α,β-unsaturated/α-hetero) is 1. The van der Waals surface area contributed by atoms with Crippen LogP contribution in [0.4, 0.5) is 0 Å². The van der Waals surface area contributed by atoms with Gasteiger partial charge in [-0.25, -0.2) is 0 Å². The summed E-state index contributed by atoms with van der Waals surface area (Å²) >= 11 is 0.459. The van der Waals surface area contributed by atoms with E-state index in [1.54, 1.807) is 0 Å². The summed E-state index contributed by atoms with van der Waals surface area (Å²) in [5, 5.41) is 10.2. The van der Waals surface area contributed by atoms with Crippen LogP contribution >= 0.6 is 0 Å². The molecule has 0 saturated carbocycles. The molecule has 0 aliphatic rings. The average Bonchev–Trinajstić information content (AvgIpc) is 2.29. The second-order valence-corrected chi connectivity index (χ2v) is 7.61. The van der Waals surface area contributed by atoms with Crippen molar-refractivity contribution >= 4 is 47.6 Å². The molecule has 0 aliphatic heterocycles. The summed E-state index contributed by atoms with van der Waals surface area (Å²) < 4.78 is 4.96. The van der Waals surface area contributed by atoms with Gasteiger partial charge in [0.25, 0.3) is 0 Å². The summed E-state index contributed by atoms with van der Waals surface area (Å²) in [5.41, 5.74) is 0. The summed E-state index contributed by atoms with van der Waals surface area (Å²) in [6.07, 6.45) is -0.470. The Morgan fingerprint density at radius 3 is 2.22 bits per heavy atom. The van der Waals surface area contributed by atoms with E-state index < -0.39 is 29.7 Å². The zero-order valence-corrected chi connectivity index (χ0v) is 14.1. The second kappa shape index (κ2) is 9.56. The van der Waals surface area contributed by atoms with Gasteiger partial charge >= 0.3 is 120 Å². The molecule has 0 bridgehead atoms. The molecule has 104 valence electrons. The standard InChI is InChI=1S/C11H18O5Se2/c1-7(12)16-9(4-5-17-2)10(13)8(6-18-3)11(14)15/h8-9H,4-6H2,1-3H3,(H,14,15). The minimum atomic E-state index is -1.12. The molecule has 0 rings (SSSR count). The summed E-state index contributed by atoms with van der Waals surface area (Å²) in [4.78, 5) is 34.1. The molecule has 7 heteroatoms. The molecule has 5 nitrogen and oxygen atoms in total. The number of esters is 1. The van der Waals surface area contributed by atoms with Crippen molar-refractivity contribution in [2.24, 2.45) is 5.92 Å². The molecule has 0 aromatic heterocycles. The molecule has 0 aromatic rings. The summed E-state index contributed by atoms with van der Waals surface area (Å²) in [7, 11) is 0. The molecule has 0 radical (unpaired) electrons. The molecule has 0 aliphatic carbocycles. The molecule has 0 saturated heterocycles. The van der Waals surface area contributed by atoms with Crippen molar-refractivity contribution in [1.82, 2.24) is 0 Å². The van der Waals surface area contributed by atoms with E-state index >= 15 is 0 Å². The Kier molecular flexibility index (Phi) is 9.38. The van der Waals surface area contributed by atoms with Crippen molar-refractivity contribution in [2.45, 2.75) is 41.7 Å². The molecular weight excluding hydrogens is 370 g/mol. The number of carboxylic acid groups (broad SMARTS) is 1. The Morgan fingerprint density at radius 2 is 1.83 bits per heavy atom. The average molecular weight is 388 g/mol. The van der Waals surface area contributed by atoms with Crippen molar-refractivity contribution < 1.29 is 24.2 Å². The van der Waals surface area contributed by atoms with Gasteiger partial charge in [0.15, 0.2) is 0 Å². The van der Waals surface area contributed by atoms with E-state index in [0.29, 0.717) is 26.7 Å². The number of carbonyl (C=O) groups excluding carboxylic acids is 2. The van der Waals surface area contributed by atoms with E-state index in [-0.39, 0.29) is 15.0 Å². The van der Waals surface area contributed by atoms with E-state index in [1.807, 2.05) is 11.6 Å². The van der Waals surface area contributed by atoms with Gasteiger partial charge in [-0.15, -0.1) is 0 Å². The summed E-state index contributed by atoms with van der Waals surface area (Å²) in [5.74, 6) is 0.735. The first-order valence-electron chi connectivity index (χ1n) is 5.35. The van der Waals surface area contributed by atoms with Gasteiger partial charge in [0.2, 0.25) is 0 Å². The molecule has 0 amide bonds. The number of ketones is 1. The Labute approximate surface area is 119 Å². The molecule has 0 spiro atoms. The van der Waals surface area contributed by atoms with Gasteiger partial charge in [-0.05, 0) is 0 Å². The molecule has 0 heterocycles. The summed E-state index contributed by atoms with van der Waals surface area (Å²) in [6, 6.07) is 0. The second-order valence-electron chi connectivity index (χ2n) is 3.63. The Morgan fingerprint density at radius 1 is 1.22 bits per heavy atom. The first-order valence-corrected chi connectivity index (χ1v) is 11.2. The number of rotatable bonds is 9. The Hall–Kier alpha value is -0.351. The predicted octanol–water partition coefficient (Wildman–Crippen LogP) is 0.919. The van der Waals surface area contributed by atoms with Crippen LogP contribution in [0, 0.1) is 5.92 Å². The van der Waals surface area contributed by atoms with Gasteiger partial charge in [-0.2, -0.15) is 0 Å². The number of hydrogen-bond donors (Lipinski definition) is 1. The molecule has 0 fully saturated rings. The van der Waals surface area contributed by atoms with Crippen LogP contribution in [0.25, 0.3) is 0 Å². The maximum atomic E-state index is 12.1. The molecule has 2 unspecified atom stereocenters. The van der Waals surface area contributed by atoms with Crippen LogP contribution in [0.3, 0.4) is 0 Å². The fraction of sp³-hybridized carbons (Fsp3) is 0.727. The SMILES string of the molecule is C[Se]CCC(OC(C)=O)C(=O)C(C[Se]C)C(=O)O. The molecule has 18 heavy (non-hydrogen) atoms. The zero-order valence-electron chi connectivity index (χ0n) is 10.7. The van der Waals surface area contributed by atoms with E-state index in [0.717, 1.165) is 5.32 Å². The van der Waals surface area contributed by atoms with Crippen molar-refractivity contribution in [1.29, 1.82) is 0 Å². The van der Waals surface area contributed by atoms with Crippen LogP contribution in [0.1, 0.15) is 13.3 Å². The molecular formula is C11H18O5Se2. The third-order valence-electron chi connectivity index (χ3n) is 2.18. The fourth-order valence-corrected chi connectivity index (χ4v) is 3.64. The number of hydrogen-bond acceptors (Lipinski definition) is 4. The van der Waals surface area contributed by atoms with Gasteiger partial charge in [0.1, 0.15) is 0 Å². The number of carboxylic acids is 1. The van der Waals surface area contributed by atoms with Crippen LogP contribution in [0.2, 0.25) is 22.3 Å². The molecule has 0 aromatic carbocycles. The summed E-state index contributed by atoms with van der Waals surface area (Å²) in [6.45, 7) is 1.23. The first-order chi connectivity index (χ1) is 8.43. The van der Waals surface area contributed by atoms with Gasteiger partial charge in [-0.3, -0.25) is 0 Å². The van der Waals surface area contributed by atoms with E-state index in [9.17, 15) is 14.4 Å². The van der Waals surface area contributed by atoms with Gasteiger partial charge in [0, 0.05) is 0 Å². The van der Waals surface area contributed by atoms with Gasteiger partial charge in [-0.1, -0.05) is 0 Å². The third-order valence-corrected chi connectivity index (χ3v) is 4.93. The normalized spacial score (nSPS) is 13.7. The predicted molar refractivity (Wildman–Crippen MR) is 69.2 cm³/mol. The van der Waals surface area contributed by atoms with Crippen LogP contribution in [0.5, 0.6) is 0 Å². The van der Waals surface area contributed by atoms with Crippen LogP contribution < -0.4 is 0 Å². The number of carbonyl (C=O) groups is 3. The first kappa shape index (κ1) is 17.6. The van der Waals surface area contributed by atoms with Crippen molar-refractivity contribution in [3.05, 3.63) is 0 Å². The van der Waals surface area contributed by atoms with Crippen molar-refractivity contribution in [3.8, 4) is 0 Å². The number of aliphatic carboxylic acids is 1. The van der Waals surface area contributed by atoms with Crippen LogP contribution in [-0.2, 0) is 19.1 Å². The molecule has 1 N–H and O–H groups in total. The van der Waals surface area contributed by atoms with E-state index in [1.165, 1.54) is 6.92 Å². The zero-order chi connectivity index (χ0) is 14.1. The fourth-order valence-electron chi connectivity index (χ4n) is 1.35. The number of ether oxygens (including phenoxy) is 1. The maximum absolute atomic E-state index is 12.1. The Balaban J connectivity index is 4.77. The van der Waals surface area contributed by atoms with Gasteiger partial charge in [0.05, 0.1) is 0 Å². The van der Waals surface area contributed by atoms with Gasteiger partial charge < -0.3 is 0 Å². The van der Waals surface area contributed by atoms with E-state index in [2.05, 4.69) is 0 Å². The Bertz CT molecular complexity index is 306. The topological polar surface area (TPSA) is 80.7 Å². The molecule has 2 atom stereocenters. The van der Waals surface area contributed by atoms with Crippen molar-refractivity contribution in [3.63, 3.8) is 0 Å². The van der Waals surface area contributed by atoms with E-state index in [4.69, 9.17) is 9.84 Å². The minimum absolute atomic E-state index is 0.0915. The third kappa shape index (κ3) is 6.55. The van der Waals surface area contributed by atoms with Crippen molar-refractivity contribution in [2.75, 3.05) is 0 Å². The van der Waals surface area contributed by atoms with Crippen LogP contribution in [-0.4, -0.2) is 58.8 Å².